The van der Waals surface area contributed by atoms with Gasteiger partial charge in [0.1, 0.15) is 5.82 Å². The summed E-state index contributed by atoms with van der Waals surface area (Å²) < 4.78 is 31.9. The number of ether oxygens (including phenoxy) is 1. The first-order chi connectivity index (χ1) is 9.62. The van der Waals surface area contributed by atoms with Crippen LogP contribution < -0.4 is 4.74 Å². The van der Waals surface area contributed by atoms with Gasteiger partial charge in [0, 0.05) is 17.8 Å². The SMILES string of the molecule is CCCc1cc(CO)cc(Oc2cc(F)ccc2F)n1. The molecule has 0 amide bonds. The number of aliphatic hydroxyl groups is 1. The summed E-state index contributed by atoms with van der Waals surface area (Å²) in [6, 6.07) is 6.24. The second-order valence-corrected chi connectivity index (χ2v) is 4.39. The average Bonchev–Trinajstić information content (AvgIpc) is 2.43. The van der Waals surface area contributed by atoms with Crippen LogP contribution in [0.3, 0.4) is 0 Å². The van der Waals surface area contributed by atoms with Gasteiger partial charge in [-0.15, -0.1) is 0 Å². The van der Waals surface area contributed by atoms with Crippen molar-refractivity contribution in [3.63, 3.8) is 0 Å². The maximum Gasteiger partial charge on any atom is 0.219 e. The molecule has 0 radical (unpaired) electrons. The van der Waals surface area contributed by atoms with E-state index >= 15 is 0 Å². The molecule has 106 valence electrons. The van der Waals surface area contributed by atoms with Crippen LogP contribution in [0.5, 0.6) is 11.6 Å². The summed E-state index contributed by atoms with van der Waals surface area (Å²) in [5.74, 6) is -1.34. The van der Waals surface area contributed by atoms with Gasteiger partial charge in [0.05, 0.1) is 6.61 Å². The van der Waals surface area contributed by atoms with Crippen molar-refractivity contribution in [2.24, 2.45) is 0 Å². The standard InChI is InChI=1S/C15H15F2NO2/c1-2-3-12-6-10(9-19)7-15(18-12)20-14-8-11(16)4-5-13(14)17/h4-8,19H,2-3,9H2,1H3. The van der Waals surface area contributed by atoms with Crippen LogP contribution in [0.1, 0.15) is 24.6 Å². The number of aryl methyl sites for hydroxylation is 1. The van der Waals surface area contributed by atoms with Crippen LogP contribution in [0, 0.1) is 11.6 Å². The number of benzene rings is 1. The summed E-state index contributed by atoms with van der Waals surface area (Å²) in [5.41, 5.74) is 1.36. The quantitative estimate of drug-likeness (QED) is 0.909. The van der Waals surface area contributed by atoms with Gasteiger partial charge in [-0.25, -0.2) is 13.8 Å². The Morgan fingerprint density at radius 1 is 1.20 bits per heavy atom. The monoisotopic (exact) mass is 279 g/mol. The van der Waals surface area contributed by atoms with E-state index < -0.39 is 11.6 Å². The molecule has 0 aliphatic carbocycles. The summed E-state index contributed by atoms with van der Waals surface area (Å²) in [7, 11) is 0. The molecule has 1 heterocycles. The molecule has 5 heteroatoms. The van der Waals surface area contributed by atoms with E-state index in [1.807, 2.05) is 6.92 Å². The van der Waals surface area contributed by atoms with Crippen molar-refractivity contribution in [1.82, 2.24) is 4.98 Å². The Balaban J connectivity index is 2.32. The molecule has 1 aromatic heterocycles. The Kier molecular flexibility index (Phi) is 4.63. The molecule has 1 N–H and O–H groups in total. The number of halogens is 2. The fourth-order valence-electron chi connectivity index (χ4n) is 1.82. The lowest BCUT2D eigenvalue weighted by molar-refractivity contribution is 0.280. The zero-order valence-corrected chi connectivity index (χ0v) is 11.1. The molecular formula is C15H15F2NO2. The Hall–Kier alpha value is -2.01. The van der Waals surface area contributed by atoms with Crippen molar-refractivity contribution >= 4 is 0 Å². The largest absolute Gasteiger partial charge is 0.436 e. The van der Waals surface area contributed by atoms with E-state index in [1.165, 1.54) is 6.07 Å². The fourth-order valence-corrected chi connectivity index (χ4v) is 1.82. The van der Waals surface area contributed by atoms with E-state index in [2.05, 4.69) is 4.98 Å². The molecule has 0 spiro atoms. The molecule has 0 saturated heterocycles. The smallest absolute Gasteiger partial charge is 0.219 e. The molecule has 0 aliphatic rings. The van der Waals surface area contributed by atoms with Gasteiger partial charge in [-0.2, -0.15) is 0 Å². The van der Waals surface area contributed by atoms with Gasteiger partial charge in [0.2, 0.25) is 5.88 Å². The van der Waals surface area contributed by atoms with Crippen molar-refractivity contribution < 1.29 is 18.6 Å². The molecule has 0 fully saturated rings. The zero-order valence-electron chi connectivity index (χ0n) is 11.1. The topological polar surface area (TPSA) is 42.4 Å². The highest BCUT2D eigenvalue weighted by Crippen LogP contribution is 2.25. The van der Waals surface area contributed by atoms with Crippen LogP contribution in [0.25, 0.3) is 0 Å². The molecule has 0 aliphatic heterocycles. The van der Waals surface area contributed by atoms with Gasteiger partial charge in [-0.3, -0.25) is 0 Å². The number of aliphatic hydroxyl groups excluding tert-OH is 1. The number of aromatic nitrogens is 1. The van der Waals surface area contributed by atoms with Crippen LogP contribution in [0.15, 0.2) is 30.3 Å². The van der Waals surface area contributed by atoms with E-state index in [4.69, 9.17) is 4.74 Å². The van der Waals surface area contributed by atoms with E-state index in [0.717, 1.165) is 36.7 Å². The summed E-state index contributed by atoms with van der Waals surface area (Å²) in [6.45, 7) is 1.83. The number of hydrogen-bond donors (Lipinski definition) is 1. The Morgan fingerprint density at radius 3 is 2.70 bits per heavy atom. The van der Waals surface area contributed by atoms with Crippen LogP contribution >= 0.6 is 0 Å². The normalized spacial score (nSPS) is 10.6. The number of nitrogens with zero attached hydrogens (tertiary/aromatic N) is 1. The van der Waals surface area contributed by atoms with E-state index in [0.29, 0.717) is 5.56 Å². The van der Waals surface area contributed by atoms with Crippen LogP contribution in [-0.2, 0) is 13.0 Å². The summed E-state index contributed by atoms with van der Waals surface area (Å²) in [6.07, 6.45) is 1.60. The first-order valence-electron chi connectivity index (χ1n) is 6.36. The van der Waals surface area contributed by atoms with E-state index in [9.17, 15) is 13.9 Å². The lowest BCUT2D eigenvalue weighted by Crippen LogP contribution is -1.98. The second kappa shape index (κ2) is 6.43. The molecule has 0 saturated carbocycles. The Bertz CT molecular complexity index is 602. The molecular weight excluding hydrogens is 264 g/mol. The summed E-state index contributed by atoms with van der Waals surface area (Å²) in [5, 5.41) is 9.20. The van der Waals surface area contributed by atoms with Crippen molar-refractivity contribution in [3.05, 3.63) is 53.2 Å². The van der Waals surface area contributed by atoms with Gasteiger partial charge in [-0.05, 0) is 30.2 Å². The fraction of sp³-hybridized carbons (Fsp3) is 0.267. The van der Waals surface area contributed by atoms with Gasteiger partial charge in [0.25, 0.3) is 0 Å². The average molecular weight is 279 g/mol. The number of rotatable bonds is 5. The molecule has 0 unspecified atom stereocenters. The Labute approximate surface area is 115 Å². The van der Waals surface area contributed by atoms with E-state index in [1.54, 1.807) is 6.07 Å². The lowest BCUT2D eigenvalue weighted by atomic mass is 10.2. The van der Waals surface area contributed by atoms with Crippen molar-refractivity contribution in [3.8, 4) is 11.6 Å². The maximum atomic E-state index is 13.5. The van der Waals surface area contributed by atoms with Gasteiger partial charge < -0.3 is 9.84 Å². The minimum Gasteiger partial charge on any atom is -0.436 e. The highest BCUT2D eigenvalue weighted by Gasteiger charge is 2.09. The molecule has 0 bridgehead atoms. The van der Waals surface area contributed by atoms with Crippen molar-refractivity contribution in [2.75, 3.05) is 0 Å². The number of hydrogen-bond acceptors (Lipinski definition) is 3. The van der Waals surface area contributed by atoms with Gasteiger partial charge in [-0.1, -0.05) is 13.3 Å². The third-order valence-corrected chi connectivity index (χ3v) is 2.71. The molecule has 0 atom stereocenters. The zero-order chi connectivity index (χ0) is 14.5. The second-order valence-electron chi connectivity index (χ2n) is 4.39. The molecule has 3 nitrogen and oxygen atoms in total. The van der Waals surface area contributed by atoms with Crippen molar-refractivity contribution in [1.29, 1.82) is 0 Å². The van der Waals surface area contributed by atoms with Crippen molar-refractivity contribution in [2.45, 2.75) is 26.4 Å². The van der Waals surface area contributed by atoms with Crippen LogP contribution in [0.4, 0.5) is 8.78 Å². The minimum absolute atomic E-state index is 0.143. The highest BCUT2D eigenvalue weighted by molar-refractivity contribution is 5.32. The first kappa shape index (κ1) is 14.4. The summed E-state index contributed by atoms with van der Waals surface area (Å²) in [4.78, 5) is 4.21. The predicted molar refractivity (Wildman–Crippen MR) is 70.6 cm³/mol. The highest BCUT2D eigenvalue weighted by atomic mass is 19.1. The Morgan fingerprint density at radius 2 is 2.00 bits per heavy atom. The van der Waals surface area contributed by atoms with E-state index in [-0.39, 0.29) is 18.2 Å². The third kappa shape index (κ3) is 3.51. The van der Waals surface area contributed by atoms with Crippen LogP contribution in [-0.4, -0.2) is 10.1 Å². The molecule has 1 aromatic carbocycles. The van der Waals surface area contributed by atoms with Gasteiger partial charge >= 0.3 is 0 Å². The van der Waals surface area contributed by atoms with Crippen LogP contribution in [0.2, 0.25) is 0 Å². The number of pyridine rings is 1. The first-order valence-corrected chi connectivity index (χ1v) is 6.36. The third-order valence-electron chi connectivity index (χ3n) is 2.71. The minimum atomic E-state index is -0.667. The molecule has 2 aromatic rings. The predicted octanol–water partition coefficient (Wildman–Crippen LogP) is 3.60. The summed E-state index contributed by atoms with van der Waals surface area (Å²) >= 11 is 0. The maximum absolute atomic E-state index is 13.5. The molecule has 20 heavy (non-hydrogen) atoms. The molecule has 2 rings (SSSR count). The van der Waals surface area contributed by atoms with Gasteiger partial charge in [0.15, 0.2) is 11.6 Å². The lowest BCUT2D eigenvalue weighted by Gasteiger charge is -2.09.